The van der Waals surface area contributed by atoms with E-state index in [-0.39, 0.29) is 6.04 Å². The maximum atomic E-state index is 5.83. The Balaban J connectivity index is 2.27. The summed E-state index contributed by atoms with van der Waals surface area (Å²) in [5, 5.41) is 3.23. The molecule has 1 unspecified atom stereocenters. The highest BCUT2D eigenvalue weighted by atomic mass is 32.1. The molecule has 0 fully saturated rings. The second-order valence-electron chi connectivity index (χ2n) is 4.64. The number of rotatable bonds is 3. The molecule has 2 aromatic rings. The quantitative estimate of drug-likeness (QED) is 0.890. The summed E-state index contributed by atoms with van der Waals surface area (Å²) in [4.78, 5) is 4.64. The van der Waals surface area contributed by atoms with Crippen LogP contribution in [0.15, 0.2) is 29.6 Å². The largest absolute Gasteiger partial charge is 0.324 e. The van der Waals surface area contributed by atoms with Crippen molar-refractivity contribution in [3.05, 3.63) is 40.9 Å². The zero-order chi connectivity index (χ0) is 12.4. The van der Waals surface area contributed by atoms with E-state index in [0.717, 1.165) is 10.6 Å². The summed E-state index contributed by atoms with van der Waals surface area (Å²) in [5.74, 6) is 0.489. The van der Waals surface area contributed by atoms with Crippen molar-refractivity contribution < 1.29 is 0 Å². The van der Waals surface area contributed by atoms with Crippen molar-refractivity contribution in [2.75, 3.05) is 0 Å². The monoisotopic (exact) mass is 246 g/mol. The fourth-order valence-electron chi connectivity index (χ4n) is 1.61. The van der Waals surface area contributed by atoms with E-state index in [2.05, 4.69) is 48.5 Å². The maximum absolute atomic E-state index is 5.83. The first-order valence-electron chi connectivity index (χ1n) is 5.89. The van der Waals surface area contributed by atoms with Gasteiger partial charge in [0.05, 0.1) is 5.69 Å². The van der Waals surface area contributed by atoms with Gasteiger partial charge in [-0.1, -0.05) is 38.1 Å². The smallest absolute Gasteiger partial charge is 0.123 e. The van der Waals surface area contributed by atoms with Crippen molar-refractivity contribution >= 4 is 11.3 Å². The van der Waals surface area contributed by atoms with E-state index in [1.807, 2.05) is 6.92 Å². The molecule has 0 radical (unpaired) electrons. The standard InChI is InChI=1S/C14H18N2S/c1-9(2)13-8-17-14(16-13)12-6-4-11(5-7-12)10(3)15/h4-10H,15H2,1-3H3. The first kappa shape index (κ1) is 12.3. The van der Waals surface area contributed by atoms with E-state index in [4.69, 9.17) is 5.73 Å². The first-order chi connectivity index (χ1) is 8.08. The third-order valence-corrected chi connectivity index (χ3v) is 3.71. The van der Waals surface area contributed by atoms with Crippen LogP contribution in [0.1, 0.15) is 44.0 Å². The summed E-state index contributed by atoms with van der Waals surface area (Å²) in [5.41, 5.74) is 9.34. The Morgan fingerprint density at radius 1 is 1.12 bits per heavy atom. The topological polar surface area (TPSA) is 38.9 Å². The number of hydrogen-bond donors (Lipinski definition) is 1. The minimum Gasteiger partial charge on any atom is -0.324 e. The van der Waals surface area contributed by atoms with Crippen molar-refractivity contribution in [3.8, 4) is 10.6 Å². The predicted octanol–water partition coefficient (Wildman–Crippen LogP) is 3.95. The van der Waals surface area contributed by atoms with Gasteiger partial charge in [-0.05, 0) is 18.4 Å². The van der Waals surface area contributed by atoms with Gasteiger partial charge < -0.3 is 5.73 Å². The second kappa shape index (κ2) is 4.98. The zero-order valence-electron chi connectivity index (χ0n) is 10.5. The minimum atomic E-state index is 0.0894. The molecule has 0 saturated carbocycles. The molecule has 1 aromatic carbocycles. The molecule has 0 bridgehead atoms. The van der Waals surface area contributed by atoms with Crippen LogP contribution >= 0.6 is 11.3 Å². The number of nitrogens with two attached hydrogens (primary N) is 1. The van der Waals surface area contributed by atoms with Crippen LogP contribution < -0.4 is 5.73 Å². The molecule has 1 aromatic heterocycles. The van der Waals surface area contributed by atoms with Crippen LogP contribution in [0.2, 0.25) is 0 Å². The summed E-state index contributed by atoms with van der Waals surface area (Å²) >= 11 is 1.70. The lowest BCUT2D eigenvalue weighted by Gasteiger charge is -2.05. The Morgan fingerprint density at radius 3 is 2.24 bits per heavy atom. The van der Waals surface area contributed by atoms with Gasteiger partial charge in [-0.3, -0.25) is 0 Å². The lowest BCUT2D eigenvalue weighted by Crippen LogP contribution is -2.04. The molecule has 2 nitrogen and oxygen atoms in total. The van der Waals surface area contributed by atoms with Gasteiger partial charge in [0.2, 0.25) is 0 Å². The van der Waals surface area contributed by atoms with Crippen molar-refractivity contribution in [1.82, 2.24) is 4.98 Å². The molecule has 0 amide bonds. The predicted molar refractivity (Wildman–Crippen MR) is 74.2 cm³/mol. The van der Waals surface area contributed by atoms with E-state index >= 15 is 0 Å². The number of hydrogen-bond acceptors (Lipinski definition) is 3. The molecule has 0 spiro atoms. The third-order valence-electron chi connectivity index (χ3n) is 2.80. The Morgan fingerprint density at radius 2 is 1.76 bits per heavy atom. The molecule has 2 N–H and O–H groups in total. The fraction of sp³-hybridized carbons (Fsp3) is 0.357. The SMILES string of the molecule is CC(C)c1csc(-c2ccc(C(C)N)cc2)n1. The van der Waals surface area contributed by atoms with E-state index in [9.17, 15) is 0 Å². The molecule has 0 aliphatic heterocycles. The average Bonchev–Trinajstić information content (AvgIpc) is 2.78. The van der Waals surface area contributed by atoms with Gasteiger partial charge in [-0.25, -0.2) is 4.98 Å². The lowest BCUT2D eigenvalue weighted by atomic mass is 10.1. The molecule has 1 atom stereocenters. The van der Waals surface area contributed by atoms with Crippen LogP contribution in [0.4, 0.5) is 0 Å². The van der Waals surface area contributed by atoms with Crippen molar-refractivity contribution in [3.63, 3.8) is 0 Å². The number of thiazole rings is 1. The zero-order valence-corrected chi connectivity index (χ0v) is 11.3. The summed E-state index contributed by atoms with van der Waals surface area (Å²) in [6, 6.07) is 8.45. The van der Waals surface area contributed by atoms with Crippen LogP contribution in [0.5, 0.6) is 0 Å². The molecular weight excluding hydrogens is 228 g/mol. The molecule has 0 aliphatic rings. The first-order valence-corrected chi connectivity index (χ1v) is 6.77. The van der Waals surface area contributed by atoms with Crippen molar-refractivity contribution in [2.24, 2.45) is 5.73 Å². The molecule has 0 saturated heterocycles. The lowest BCUT2D eigenvalue weighted by molar-refractivity contribution is 0.818. The molecular formula is C14H18N2S. The van der Waals surface area contributed by atoms with Gasteiger partial charge in [-0.15, -0.1) is 11.3 Å². The van der Waals surface area contributed by atoms with E-state index in [0.29, 0.717) is 5.92 Å². The van der Waals surface area contributed by atoms with Gasteiger partial charge in [0.25, 0.3) is 0 Å². The molecule has 1 heterocycles. The highest BCUT2D eigenvalue weighted by Gasteiger charge is 2.07. The number of benzene rings is 1. The van der Waals surface area contributed by atoms with E-state index in [1.54, 1.807) is 11.3 Å². The van der Waals surface area contributed by atoms with Crippen LogP contribution in [0, 0.1) is 0 Å². The summed E-state index contributed by atoms with van der Waals surface area (Å²) < 4.78 is 0. The van der Waals surface area contributed by atoms with Crippen LogP contribution in [-0.4, -0.2) is 4.98 Å². The fourth-order valence-corrected chi connectivity index (χ4v) is 2.60. The molecule has 0 aliphatic carbocycles. The second-order valence-corrected chi connectivity index (χ2v) is 5.50. The highest BCUT2D eigenvalue weighted by Crippen LogP contribution is 2.27. The third kappa shape index (κ3) is 2.73. The van der Waals surface area contributed by atoms with E-state index in [1.165, 1.54) is 11.3 Å². The molecule has 3 heteroatoms. The number of nitrogens with zero attached hydrogens (tertiary/aromatic N) is 1. The molecule has 2 rings (SSSR count). The van der Waals surface area contributed by atoms with Crippen LogP contribution in [0.3, 0.4) is 0 Å². The summed E-state index contributed by atoms with van der Waals surface area (Å²) in [7, 11) is 0. The van der Waals surface area contributed by atoms with Gasteiger partial charge in [0, 0.05) is 17.0 Å². The minimum absolute atomic E-state index is 0.0894. The van der Waals surface area contributed by atoms with Gasteiger partial charge >= 0.3 is 0 Å². The molecule has 90 valence electrons. The van der Waals surface area contributed by atoms with Crippen molar-refractivity contribution in [1.29, 1.82) is 0 Å². The Hall–Kier alpha value is -1.19. The Labute approximate surface area is 107 Å². The summed E-state index contributed by atoms with van der Waals surface area (Å²) in [6.07, 6.45) is 0. The highest BCUT2D eigenvalue weighted by molar-refractivity contribution is 7.13. The van der Waals surface area contributed by atoms with E-state index < -0.39 is 0 Å². The van der Waals surface area contributed by atoms with Gasteiger partial charge in [-0.2, -0.15) is 0 Å². The van der Waals surface area contributed by atoms with Crippen LogP contribution in [0.25, 0.3) is 10.6 Å². The Kier molecular flexibility index (Phi) is 3.60. The average molecular weight is 246 g/mol. The maximum Gasteiger partial charge on any atom is 0.123 e. The van der Waals surface area contributed by atoms with Gasteiger partial charge in [0.15, 0.2) is 0 Å². The van der Waals surface area contributed by atoms with Gasteiger partial charge in [0.1, 0.15) is 5.01 Å². The van der Waals surface area contributed by atoms with Crippen molar-refractivity contribution in [2.45, 2.75) is 32.7 Å². The van der Waals surface area contributed by atoms with Crippen LogP contribution in [-0.2, 0) is 0 Å². The number of aromatic nitrogens is 1. The Bertz CT molecular complexity index is 483. The normalized spacial score (nSPS) is 13.0. The summed E-state index contributed by atoms with van der Waals surface area (Å²) in [6.45, 7) is 6.32. The molecule has 17 heavy (non-hydrogen) atoms.